The molecule has 2 rings (SSSR count). The predicted molar refractivity (Wildman–Crippen MR) is 87.0 cm³/mol. The number of aromatic nitrogens is 2. The minimum Gasteiger partial charge on any atom is -0.480 e. The molecular formula is C16H18F3N3O4. The summed E-state index contributed by atoms with van der Waals surface area (Å²) in [7, 11) is 0. The van der Waals surface area contributed by atoms with Crippen molar-refractivity contribution >= 4 is 22.9 Å². The molecule has 0 aliphatic heterocycles. The quantitative estimate of drug-likeness (QED) is 0.721. The fraction of sp³-hybridized carbons (Fsp3) is 0.438. The summed E-state index contributed by atoms with van der Waals surface area (Å²) in [5, 5.41) is 11.5. The maximum atomic E-state index is 12.6. The van der Waals surface area contributed by atoms with Gasteiger partial charge in [-0.1, -0.05) is 13.8 Å². The zero-order chi connectivity index (χ0) is 19.6. The van der Waals surface area contributed by atoms with Crippen molar-refractivity contribution < 1.29 is 27.9 Å². The van der Waals surface area contributed by atoms with Crippen LogP contribution in [0, 0.1) is 5.92 Å². The average molecular weight is 373 g/mol. The van der Waals surface area contributed by atoms with E-state index in [1.165, 1.54) is 18.2 Å². The van der Waals surface area contributed by atoms with Crippen molar-refractivity contribution in [2.75, 3.05) is 0 Å². The summed E-state index contributed by atoms with van der Waals surface area (Å²) >= 11 is 0. The van der Waals surface area contributed by atoms with E-state index in [0.29, 0.717) is 4.57 Å². The smallest absolute Gasteiger partial charge is 0.406 e. The molecule has 26 heavy (non-hydrogen) atoms. The summed E-state index contributed by atoms with van der Waals surface area (Å²) in [5.74, 6) is -1.84. The lowest BCUT2D eigenvalue weighted by Crippen LogP contribution is -2.41. The fourth-order valence-electron chi connectivity index (χ4n) is 2.58. The first-order valence-corrected chi connectivity index (χ1v) is 7.81. The highest BCUT2D eigenvalue weighted by atomic mass is 19.4. The molecule has 0 unspecified atom stereocenters. The first-order valence-electron chi connectivity index (χ1n) is 7.81. The van der Waals surface area contributed by atoms with Gasteiger partial charge in [-0.05, 0) is 30.5 Å². The molecule has 142 valence electrons. The number of benzene rings is 1. The average Bonchev–Trinajstić information content (AvgIpc) is 2.79. The number of hydrogen-bond acceptors (Lipinski definition) is 3. The van der Waals surface area contributed by atoms with Crippen molar-refractivity contribution in [2.45, 2.75) is 39.0 Å². The van der Waals surface area contributed by atoms with Crippen LogP contribution < -0.4 is 11.0 Å². The number of fused-ring (bicyclic) bond motifs is 1. The van der Waals surface area contributed by atoms with E-state index >= 15 is 0 Å². The van der Waals surface area contributed by atoms with Gasteiger partial charge in [-0.25, -0.2) is 9.59 Å². The molecule has 0 spiro atoms. The summed E-state index contributed by atoms with van der Waals surface area (Å²) in [4.78, 5) is 37.5. The van der Waals surface area contributed by atoms with Gasteiger partial charge < -0.3 is 15.4 Å². The van der Waals surface area contributed by atoms with Crippen LogP contribution in [0.25, 0.3) is 11.0 Å². The van der Waals surface area contributed by atoms with Gasteiger partial charge in [-0.3, -0.25) is 9.36 Å². The molecule has 0 aliphatic rings. The first kappa shape index (κ1) is 19.5. The zero-order valence-corrected chi connectivity index (χ0v) is 14.1. The monoisotopic (exact) mass is 373 g/mol. The van der Waals surface area contributed by atoms with Crippen molar-refractivity contribution in [1.29, 1.82) is 0 Å². The molecule has 1 heterocycles. The van der Waals surface area contributed by atoms with Crippen LogP contribution >= 0.6 is 0 Å². The van der Waals surface area contributed by atoms with E-state index in [9.17, 15) is 27.6 Å². The van der Waals surface area contributed by atoms with Gasteiger partial charge in [0.1, 0.15) is 12.6 Å². The van der Waals surface area contributed by atoms with E-state index in [4.69, 9.17) is 5.11 Å². The number of aliphatic carboxylic acids is 1. The van der Waals surface area contributed by atoms with Crippen LogP contribution in [0.1, 0.15) is 30.6 Å². The Kier molecular flexibility index (Phi) is 5.43. The van der Waals surface area contributed by atoms with Crippen molar-refractivity contribution in [2.24, 2.45) is 5.92 Å². The number of nitrogens with zero attached hydrogens (tertiary/aromatic N) is 1. The number of H-pyrrole nitrogens is 1. The first-order chi connectivity index (χ1) is 12.0. The number of aromatic amines is 1. The fourth-order valence-corrected chi connectivity index (χ4v) is 2.58. The van der Waals surface area contributed by atoms with Gasteiger partial charge >= 0.3 is 17.8 Å². The number of carbonyl (C=O) groups excluding carboxylic acids is 1. The largest absolute Gasteiger partial charge is 0.480 e. The summed E-state index contributed by atoms with van der Waals surface area (Å²) < 4.78 is 38.2. The van der Waals surface area contributed by atoms with Gasteiger partial charge in [0, 0.05) is 5.56 Å². The highest BCUT2D eigenvalue weighted by Gasteiger charge is 2.30. The van der Waals surface area contributed by atoms with Gasteiger partial charge in [0.2, 0.25) is 0 Å². The molecule has 1 aromatic heterocycles. The molecule has 1 atom stereocenters. The van der Waals surface area contributed by atoms with Crippen LogP contribution in [-0.2, 0) is 11.3 Å². The standard InChI is InChI=1S/C16H18F3N3O4/c1-8(2)5-11(14(24)25)20-13(23)9-3-4-12-10(6-9)21-15(26)22(12)7-16(17,18)19/h3-4,6,8,11H,5,7H2,1-2H3,(H,20,23)(H,21,26)(H,24,25)/t11-/m1/s1. The number of imidazole rings is 1. The van der Waals surface area contributed by atoms with Crippen LogP contribution in [-0.4, -0.2) is 38.8 Å². The summed E-state index contributed by atoms with van der Waals surface area (Å²) in [6, 6.07) is 2.58. The zero-order valence-electron chi connectivity index (χ0n) is 14.1. The molecule has 3 N–H and O–H groups in total. The van der Waals surface area contributed by atoms with Gasteiger partial charge in [-0.2, -0.15) is 13.2 Å². The Morgan fingerprint density at radius 2 is 1.96 bits per heavy atom. The number of amides is 1. The Morgan fingerprint density at radius 3 is 2.50 bits per heavy atom. The second-order valence-electron chi connectivity index (χ2n) is 6.36. The minimum absolute atomic E-state index is 0.000778. The number of alkyl halides is 3. The highest BCUT2D eigenvalue weighted by molar-refractivity contribution is 5.99. The lowest BCUT2D eigenvalue weighted by Gasteiger charge is -2.16. The maximum Gasteiger partial charge on any atom is 0.406 e. The van der Waals surface area contributed by atoms with Gasteiger partial charge in [0.25, 0.3) is 5.91 Å². The molecule has 0 fully saturated rings. The number of nitrogens with one attached hydrogen (secondary N) is 2. The molecule has 0 radical (unpaired) electrons. The molecule has 0 bridgehead atoms. The lowest BCUT2D eigenvalue weighted by molar-refractivity contribution is -0.141. The Labute approximate surface area is 145 Å². The molecule has 1 aromatic carbocycles. The second-order valence-corrected chi connectivity index (χ2v) is 6.36. The van der Waals surface area contributed by atoms with Crippen LogP contribution in [0.3, 0.4) is 0 Å². The summed E-state index contributed by atoms with van der Waals surface area (Å²) in [6.07, 6.45) is -4.34. The molecule has 0 saturated carbocycles. The SMILES string of the molecule is CC(C)C[C@@H](NC(=O)c1ccc2c(c1)[nH]c(=O)n2CC(F)(F)F)C(=O)O. The van der Waals surface area contributed by atoms with Crippen LogP contribution in [0.5, 0.6) is 0 Å². The molecule has 7 nitrogen and oxygen atoms in total. The van der Waals surface area contributed by atoms with Crippen molar-refractivity contribution in [3.05, 3.63) is 34.2 Å². The van der Waals surface area contributed by atoms with E-state index in [-0.39, 0.29) is 28.9 Å². The van der Waals surface area contributed by atoms with Crippen LogP contribution in [0.4, 0.5) is 13.2 Å². The summed E-state index contributed by atoms with van der Waals surface area (Å²) in [6.45, 7) is 2.16. The Hall–Kier alpha value is -2.78. The summed E-state index contributed by atoms with van der Waals surface area (Å²) in [5.41, 5.74) is -0.852. The highest BCUT2D eigenvalue weighted by Crippen LogP contribution is 2.20. The van der Waals surface area contributed by atoms with E-state index in [2.05, 4.69) is 10.3 Å². The molecular weight excluding hydrogens is 355 g/mol. The Balaban J connectivity index is 2.30. The third kappa shape index (κ3) is 4.64. The molecule has 1 amide bonds. The maximum absolute atomic E-state index is 12.6. The van der Waals surface area contributed by atoms with Crippen LogP contribution in [0.2, 0.25) is 0 Å². The second kappa shape index (κ2) is 7.22. The normalized spacial score (nSPS) is 13.2. The van der Waals surface area contributed by atoms with Crippen molar-refractivity contribution in [3.8, 4) is 0 Å². The Morgan fingerprint density at radius 1 is 1.31 bits per heavy atom. The molecule has 10 heteroatoms. The third-order valence-electron chi connectivity index (χ3n) is 3.68. The molecule has 0 aliphatic carbocycles. The number of rotatable bonds is 6. The lowest BCUT2D eigenvalue weighted by atomic mass is 10.0. The van der Waals surface area contributed by atoms with Crippen LogP contribution in [0.15, 0.2) is 23.0 Å². The van der Waals surface area contributed by atoms with Crippen molar-refractivity contribution in [3.63, 3.8) is 0 Å². The van der Waals surface area contributed by atoms with Gasteiger partial charge in [0.05, 0.1) is 11.0 Å². The minimum atomic E-state index is -4.57. The number of carboxylic acid groups (broad SMARTS) is 1. The van der Waals surface area contributed by atoms with E-state index in [1.807, 2.05) is 13.8 Å². The van der Waals surface area contributed by atoms with Crippen molar-refractivity contribution in [1.82, 2.24) is 14.9 Å². The number of halogens is 3. The van der Waals surface area contributed by atoms with Gasteiger partial charge in [0.15, 0.2) is 0 Å². The van der Waals surface area contributed by atoms with Gasteiger partial charge in [-0.15, -0.1) is 0 Å². The van der Waals surface area contributed by atoms with E-state index in [0.717, 1.165) is 0 Å². The van der Waals surface area contributed by atoms with E-state index in [1.54, 1.807) is 0 Å². The predicted octanol–water partition coefficient (Wildman–Crippen LogP) is 2.12. The molecule has 0 saturated heterocycles. The third-order valence-corrected chi connectivity index (χ3v) is 3.68. The topological polar surface area (TPSA) is 104 Å². The Bertz CT molecular complexity index is 883. The molecule has 2 aromatic rings. The number of hydrogen-bond donors (Lipinski definition) is 3. The van der Waals surface area contributed by atoms with E-state index < -0.39 is 36.3 Å². The number of carboxylic acids is 1. The number of carbonyl (C=O) groups is 2.